The van der Waals surface area contributed by atoms with Gasteiger partial charge in [0.2, 0.25) is 0 Å². The number of hydrogen-bond donors (Lipinski definition) is 0. The summed E-state index contributed by atoms with van der Waals surface area (Å²) in [4.78, 5) is 16.5. The van der Waals surface area contributed by atoms with E-state index in [0.717, 1.165) is 31.4 Å². The summed E-state index contributed by atoms with van der Waals surface area (Å²) in [7, 11) is 1.61. The number of benzene rings is 2. The summed E-state index contributed by atoms with van der Waals surface area (Å²) in [5.74, 6) is 0.955. The van der Waals surface area contributed by atoms with Crippen LogP contribution < -0.4 is 14.4 Å². The molecule has 2 aromatic carbocycles. The molecule has 1 aliphatic heterocycles. The summed E-state index contributed by atoms with van der Waals surface area (Å²) in [6, 6.07) is 10.5. The first-order valence-corrected chi connectivity index (χ1v) is 11.1. The molecule has 0 saturated carbocycles. The third kappa shape index (κ3) is 5.25. The number of anilines is 1. The van der Waals surface area contributed by atoms with Crippen molar-refractivity contribution in [2.45, 2.75) is 39.2 Å². The summed E-state index contributed by atoms with van der Waals surface area (Å²) in [5, 5.41) is 0. The maximum Gasteiger partial charge on any atom is 0.324 e. The Kier molecular flexibility index (Phi) is 7.96. The van der Waals surface area contributed by atoms with E-state index >= 15 is 0 Å². The molecule has 0 aliphatic carbocycles. The van der Waals surface area contributed by atoms with Crippen molar-refractivity contribution in [3.05, 3.63) is 52.3 Å². The first kappa shape index (κ1) is 22.4. The number of carbonyl (C=O) groups excluding carboxylic acids is 1. The van der Waals surface area contributed by atoms with Crippen molar-refractivity contribution in [1.82, 2.24) is 4.90 Å². The summed E-state index contributed by atoms with van der Waals surface area (Å²) in [6.45, 7) is 4.19. The van der Waals surface area contributed by atoms with Gasteiger partial charge in [-0.1, -0.05) is 31.9 Å². The van der Waals surface area contributed by atoms with Crippen molar-refractivity contribution >= 4 is 27.6 Å². The van der Waals surface area contributed by atoms with E-state index in [-0.39, 0.29) is 18.4 Å². The highest BCUT2D eigenvalue weighted by Crippen LogP contribution is 2.33. The van der Waals surface area contributed by atoms with Crippen molar-refractivity contribution in [3.63, 3.8) is 0 Å². The lowest BCUT2D eigenvalue weighted by Gasteiger charge is -2.36. The number of urea groups is 1. The molecule has 0 atom stereocenters. The van der Waals surface area contributed by atoms with Crippen LogP contribution in [0.25, 0.3) is 0 Å². The molecule has 1 aliphatic rings. The zero-order valence-electron chi connectivity index (χ0n) is 17.5. The third-order valence-electron chi connectivity index (χ3n) is 5.17. The van der Waals surface area contributed by atoms with Crippen molar-refractivity contribution < 1.29 is 18.7 Å². The highest BCUT2D eigenvalue weighted by molar-refractivity contribution is 9.10. The summed E-state index contributed by atoms with van der Waals surface area (Å²) in [5.41, 5.74) is 1.25. The van der Waals surface area contributed by atoms with E-state index in [0.29, 0.717) is 41.2 Å². The second kappa shape index (κ2) is 10.7. The van der Waals surface area contributed by atoms with Crippen molar-refractivity contribution in [2.75, 3.05) is 31.7 Å². The normalized spacial score (nSPS) is 14.2. The fraction of sp³-hybridized carbons (Fsp3) is 0.435. The molecule has 0 unspecified atom stereocenters. The van der Waals surface area contributed by atoms with Crippen molar-refractivity contribution in [1.29, 1.82) is 0 Å². The highest BCUT2D eigenvalue weighted by atomic mass is 79.9. The predicted molar refractivity (Wildman–Crippen MR) is 120 cm³/mol. The van der Waals surface area contributed by atoms with Gasteiger partial charge in [-0.3, -0.25) is 4.90 Å². The van der Waals surface area contributed by atoms with E-state index in [1.807, 2.05) is 18.2 Å². The van der Waals surface area contributed by atoms with Gasteiger partial charge in [0, 0.05) is 30.4 Å². The fourth-order valence-corrected chi connectivity index (χ4v) is 3.93. The number of methoxy groups -OCH3 is 1. The van der Waals surface area contributed by atoms with Gasteiger partial charge in [0.1, 0.15) is 5.82 Å². The number of amides is 2. The molecule has 0 spiro atoms. The number of hydrogen-bond acceptors (Lipinski definition) is 3. The van der Waals surface area contributed by atoms with Crippen LogP contribution in [0.4, 0.5) is 14.9 Å². The molecule has 2 aromatic rings. The van der Waals surface area contributed by atoms with E-state index in [1.165, 1.54) is 0 Å². The average molecular weight is 479 g/mol. The van der Waals surface area contributed by atoms with Crippen LogP contribution in [-0.4, -0.2) is 37.7 Å². The Labute approximate surface area is 185 Å². The molecule has 0 aromatic heterocycles. The minimum Gasteiger partial charge on any atom is -0.493 e. The summed E-state index contributed by atoms with van der Waals surface area (Å²) in [6.07, 6.45) is 4.00. The van der Waals surface area contributed by atoms with Crippen LogP contribution in [0, 0.1) is 5.82 Å². The van der Waals surface area contributed by atoms with Crippen LogP contribution in [0.2, 0.25) is 0 Å². The van der Waals surface area contributed by atoms with Gasteiger partial charge in [-0.25, -0.2) is 9.18 Å². The predicted octanol–water partition coefficient (Wildman–Crippen LogP) is 6.00. The van der Waals surface area contributed by atoms with Crippen molar-refractivity contribution in [3.8, 4) is 11.5 Å². The van der Waals surface area contributed by atoms with Crippen LogP contribution in [0.5, 0.6) is 11.5 Å². The third-order valence-corrected chi connectivity index (χ3v) is 5.78. The van der Waals surface area contributed by atoms with E-state index in [2.05, 4.69) is 22.9 Å². The molecule has 162 valence electrons. The number of carbonyl (C=O) groups is 1. The quantitative estimate of drug-likeness (QED) is 0.415. The van der Waals surface area contributed by atoms with Crippen LogP contribution in [0.1, 0.15) is 38.2 Å². The molecule has 0 N–H and O–H groups in total. The van der Waals surface area contributed by atoms with Gasteiger partial charge in [-0.2, -0.15) is 0 Å². The molecule has 1 fully saturated rings. The van der Waals surface area contributed by atoms with Crippen LogP contribution in [0.3, 0.4) is 0 Å². The average Bonchev–Trinajstić information content (AvgIpc) is 2.76. The zero-order valence-corrected chi connectivity index (χ0v) is 19.1. The SMILES string of the molecule is CCCCCOc1cc(N2CCCN(Cc3cccc(Br)c3F)C2=O)ccc1OC. The van der Waals surface area contributed by atoms with E-state index in [9.17, 15) is 9.18 Å². The van der Waals surface area contributed by atoms with Gasteiger partial charge in [0.05, 0.1) is 24.7 Å². The minimum atomic E-state index is -0.324. The summed E-state index contributed by atoms with van der Waals surface area (Å²) >= 11 is 3.21. The van der Waals surface area contributed by atoms with E-state index in [4.69, 9.17) is 9.47 Å². The number of ether oxygens (including phenoxy) is 2. The lowest BCUT2D eigenvalue weighted by Crippen LogP contribution is -2.49. The molecule has 5 nitrogen and oxygen atoms in total. The van der Waals surface area contributed by atoms with Gasteiger partial charge >= 0.3 is 6.03 Å². The molecule has 0 radical (unpaired) electrons. The first-order valence-electron chi connectivity index (χ1n) is 10.3. The van der Waals surface area contributed by atoms with Gasteiger partial charge in [-0.05, 0) is 47.0 Å². The Morgan fingerprint density at radius 1 is 1.13 bits per heavy atom. The number of nitrogens with zero attached hydrogens (tertiary/aromatic N) is 2. The second-order valence-corrected chi connectivity index (χ2v) is 8.17. The molecule has 7 heteroatoms. The molecule has 2 amide bonds. The number of unbranched alkanes of at least 4 members (excludes halogenated alkanes) is 2. The largest absolute Gasteiger partial charge is 0.493 e. The summed E-state index contributed by atoms with van der Waals surface area (Å²) < 4.78 is 26.1. The molecule has 1 heterocycles. The molecule has 1 saturated heterocycles. The molecular weight excluding hydrogens is 451 g/mol. The standard InChI is InChI=1S/C23H28BrFN2O3/c1-3-4-5-14-30-21-15-18(10-11-20(21)29-2)27-13-7-12-26(23(27)28)16-17-8-6-9-19(24)22(17)25/h6,8-11,15H,3-5,7,12-14,16H2,1-2H3. The van der Waals surface area contributed by atoms with Crippen LogP contribution in [-0.2, 0) is 6.54 Å². The lowest BCUT2D eigenvalue weighted by molar-refractivity contribution is 0.191. The van der Waals surface area contributed by atoms with Gasteiger partial charge in [0.25, 0.3) is 0 Å². The Hall–Kier alpha value is -2.28. The number of rotatable bonds is 9. The fourth-order valence-electron chi connectivity index (χ4n) is 3.52. The minimum absolute atomic E-state index is 0.136. The molecule has 3 rings (SSSR count). The van der Waals surface area contributed by atoms with E-state index < -0.39 is 0 Å². The Morgan fingerprint density at radius 3 is 2.73 bits per heavy atom. The second-order valence-electron chi connectivity index (χ2n) is 7.31. The Bertz CT molecular complexity index is 878. The Morgan fingerprint density at radius 2 is 1.97 bits per heavy atom. The van der Waals surface area contributed by atoms with Crippen molar-refractivity contribution in [2.24, 2.45) is 0 Å². The van der Waals surface area contributed by atoms with Gasteiger partial charge < -0.3 is 14.4 Å². The van der Waals surface area contributed by atoms with E-state index in [1.54, 1.807) is 35.1 Å². The zero-order chi connectivity index (χ0) is 21.5. The maximum atomic E-state index is 14.4. The Balaban J connectivity index is 1.76. The van der Waals surface area contributed by atoms with Gasteiger partial charge in [0.15, 0.2) is 11.5 Å². The molecule has 30 heavy (non-hydrogen) atoms. The first-order chi connectivity index (χ1) is 14.5. The molecular formula is C23H28BrFN2O3. The molecule has 0 bridgehead atoms. The monoisotopic (exact) mass is 478 g/mol. The van der Waals surface area contributed by atoms with Crippen LogP contribution in [0.15, 0.2) is 40.9 Å². The smallest absolute Gasteiger partial charge is 0.324 e. The topological polar surface area (TPSA) is 42.0 Å². The lowest BCUT2D eigenvalue weighted by atomic mass is 10.1. The van der Waals surface area contributed by atoms with Gasteiger partial charge in [-0.15, -0.1) is 0 Å². The van der Waals surface area contributed by atoms with Crippen LogP contribution >= 0.6 is 15.9 Å². The highest BCUT2D eigenvalue weighted by Gasteiger charge is 2.28. The maximum absolute atomic E-state index is 14.4. The number of halogens is 2.